The van der Waals surface area contributed by atoms with Gasteiger partial charge in [0.15, 0.2) is 0 Å². The zero-order chi connectivity index (χ0) is 13.9. The van der Waals surface area contributed by atoms with E-state index in [0.717, 1.165) is 7.11 Å². The maximum Gasteiger partial charge on any atom is 0.317 e. The van der Waals surface area contributed by atoms with E-state index < -0.39 is 46.5 Å². The van der Waals surface area contributed by atoms with E-state index in [1.165, 1.54) is 0 Å². The first-order chi connectivity index (χ1) is 8.38. The van der Waals surface area contributed by atoms with E-state index in [2.05, 4.69) is 9.72 Å². The Morgan fingerprint density at radius 1 is 1.61 bits per heavy atom. The van der Waals surface area contributed by atoms with E-state index in [9.17, 15) is 28.1 Å². The van der Waals surface area contributed by atoms with Gasteiger partial charge in [-0.05, 0) is 0 Å². The summed E-state index contributed by atoms with van der Waals surface area (Å²) in [5.41, 5.74) is -3.16. The van der Waals surface area contributed by atoms with Crippen molar-refractivity contribution in [3.8, 4) is 0 Å². The van der Waals surface area contributed by atoms with Crippen LogP contribution in [-0.2, 0) is 16.0 Å². The second kappa shape index (κ2) is 5.43. The standard InChI is InChI=1S/C9H7F3N2O4/c1-18-6(15)2-5-7(9(11)12)8(14(16)17)4(10)3-13-5/h3,9H,2H2,1H3. The number of carbonyl (C=O) groups is 1. The fraction of sp³-hybridized carbons (Fsp3) is 0.333. The molecule has 0 aliphatic carbocycles. The fourth-order valence-corrected chi connectivity index (χ4v) is 1.30. The van der Waals surface area contributed by atoms with Crippen LogP contribution in [0.3, 0.4) is 0 Å². The lowest BCUT2D eigenvalue weighted by Gasteiger charge is -2.08. The minimum Gasteiger partial charge on any atom is -0.469 e. The molecule has 0 saturated carbocycles. The molecule has 1 aromatic rings. The summed E-state index contributed by atoms with van der Waals surface area (Å²) in [4.78, 5) is 23.5. The SMILES string of the molecule is COC(=O)Cc1ncc(F)c([N+](=O)[O-])c1C(F)F. The quantitative estimate of drug-likeness (QED) is 0.470. The van der Waals surface area contributed by atoms with Crippen LogP contribution in [0.4, 0.5) is 18.9 Å². The Morgan fingerprint density at radius 2 is 2.22 bits per heavy atom. The van der Waals surface area contributed by atoms with Crippen molar-refractivity contribution in [2.75, 3.05) is 7.11 Å². The molecule has 0 saturated heterocycles. The molecule has 0 unspecified atom stereocenters. The molecule has 1 heterocycles. The minimum atomic E-state index is -3.33. The topological polar surface area (TPSA) is 82.3 Å². The number of rotatable bonds is 4. The normalized spacial score (nSPS) is 10.5. The van der Waals surface area contributed by atoms with Crippen LogP contribution < -0.4 is 0 Å². The van der Waals surface area contributed by atoms with E-state index in [1.54, 1.807) is 0 Å². The Hall–Kier alpha value is -2.19. The van der Waals surface area contributed by atoms with Gasteiger partial charge in [0, 0.05) is 0 Å². The van der Waals surface area contributed by atoms with Gasteiger partial charge in [-0.25, -0.2) is 8.78 Å². The number of aromatic nitrogens is 1. The average molecular weight is 264 g/mol. The first-order valence-corrected chi connectivity index (χ1v) is 4.55. The van der Waals surface area contributed by atoms with Crippen molar-refractivity contribution in [3.63, 3.8) is 0 Å². The molecule has 1 rings (SSSR count). The van der Waals surface area contributed by atoms with Crippen molar-refractivity contribution in [2.24, 2.45) is 0 Å². The van der Waals surface area contributed by atoms with Crippen LogP contribution in [0.1, 0.15) is 17.7 Å². The minimum absolute atomic E-state index is 0.419. The third-order valence-corrected chi connectivity index (χ3v) is 2.07. The summed E-state index contributed by atoms with van der Waals surface area (Å²) >= 11 is 0. The molecule has 9 heteroatoms. The maximum atomic E-state index is 13.1. The number of carbonyl (C=O) groups excluding carboxylic acids is 1. The zero-order valence-corrected chi connectivity index (χ0v) is 9.02. The highest BCUT2D eigenvalue weighted by molar-refractivity contribution is 5.72. The van der Waals surface area contributed by atoms with E-state index in [4.69, 9.17) is 0 Å². The lowest BCUT2D eigenvalue weighted by Crippen LogP contribution is -2.12. The Labute approximate surface area is 98.5 Å². The van der Waals surface area contributed by atoms with Gasteiger partial charge in [-0.2, -0.15) is 4.39 Å². The zero-order valence-electron chi connectivity index (χ0n) is 9.02. The number of methoxy groups -OCH3 is 1. The van der Waals surface area contributed by atoms with Crippen molar-refractivity contribution >= 4 is 11.7 Å². The third kappa shape index (κ3) is 2.73. The largest absolute Gasteiger partial charge is 0.469 e. The highest BCUT2D eigenvalue weighted by Crippen LogP contribution is 2.33. The molecule has 0 radical (unpaired) electrons. The number of nitrogens with zero attached hydrogens (tertiary/aromatic N) is 2. The molecule has 0 aliphatic rings. The Balaban J connectivity index is 3.39. The number of hydrogen-bond donors (Lipinski definition) is 0. The molecular weight excluding hydrogens is 257 g/mol. The van der Waals surface area contributed by atoms with Gasteiger partial charge in [0.25, 0.3) is 6.43 Å². The van der Waals surface area contributed by atoms with Crippen LogP contribution in [0.25, 0.3) is 0 Å². The lowest BCUT2D eigenvalue weighted by molar-refractivity contribution is -0.389. The molecule has 6 nitrogen and oxygen atoms in total. The molecule has 0 amide bonds. The van der Waals surface area contributed by atoms with Gasteiger partial charge >= 0.3 is 11.7 Å². The predicted molar refractivity (Wildman–Crippen MR) is 51.5 cm³/mol. The monoisotopic (exact) mass is 264 g/mol. The molecule has 0 fully saturated rings. The Bertz CT molecular complexity index is 493. The van der Waals surface area contributed by atoms with Gasteiger partial charge < -0.3 is 4.74 Å². The van der Waals surface area contributed by atoms with Crippen LogP contribution >= 0.6 is 0 Å². The molecule has 0 spiro atoms. The van der Waals surface area contributed by atoms with Gasteiger partial charge in [0.1, 0.15) is 5.56 Å². The molecule has 1 aromatic heterocycles. The maximum absolute atomic E-state index is 13.1. The van der Waals surface area contributed by atoms with E-state index in [-0.39, 0.29) is 0 Å². The van der Waals surface area contributed by atoms with Gasteiger partial charge in [-0.1, -0.05) is 0 Å². The molecular formula is C9H7F3N2O4. The molecule has 0 aliphatic heterocycles. The second-order valence-corrected chi connectivity index (χ2v) is 3.13. The van der Waals surface area contributed by atoms with E-state index in [1.807, 2.05) is 0 Å². The molecule has 0 atom stereocenters. The van der Waals surface area contributed by atoms with Crippen LogP contribution in [0.5, 0.6) is 0 Å². The first-order valence-electron chi connectivity index (χ1n) is 4.55. The number of esters is 1. The summed E-state index contributed by atoms with van der Waals surface area (Å²) in [6.07, 6.45) is -3.60. The van der Waals surface area contributed by atoms with Crippen LogP contribution in [-0.4, -0.2) is 23.0 Å². The lowest BCUT2D eigenvalue weighted by atomic mass is 10.1. The molecule has 0 aromatic carbocycles. The van der Waals surface area contributed by atoms with Gasteiger partial charge in [-0.15, -0.1) is 0 Å². The highest BCUT2D eigenvalue weighted by Gasteiger charge is 2.31. The second-order valence-electron chi connectivity index (χ2n) is 3.13. The predicted octanol–water partition coefficient (Wildman–Crippen LogP) is 1.78. The smallest absolute Gasteiger partial charge is 0.317 e. The number of hydrogen-bond acceptors (Lipinski definition) is 5. The van der Waals surface area contributed by atoms with Gasteiger partial charge in [0.05, 0.1) is 30.3 Å². The van der Waals surface area contributed by atoms with Crippen LogP contribution in [0.2, 0.25) is 0 Å². The van der Waals surface area contributed by atoms with E-state index >= 15 is 0 Å². The summed E-state index contributed by atoms with van der Waals surface area (Å²) in [5, 5.41) is 10.5. The third-order valence-electron chi connectivity index (χ3n) is 2.07. The van der Waals surface area contributed by atoms with E-state index in [0.29, 0.717) is 6.20 Å². The number of halogens is 3. The summed E-state index contributed by atoms with van der Waals surface area (Å²) in [5.74, 6) is -2.39. The number of ether oxygens (including phenoxy) is 1. The van der Waals surface area contributed by atoms with Gasteiger partial charge in [-0.3, -0.25) is 19.9 Å². The van der Waals surface area contributed by atoms with Crippen molar-refractivity contribution in [2.45, 2.75) is 12.8 Å². The number of pyridine rings is 1. The summed E-state index contributed by atoms with van der Waals surface area (Å²) in [7, 11) is 1.02. The molecule has 98 valence electrons. The van der Waals surface area contributed by atoms with Crippen molar-refractivity contribution in [1.82, 2.24) is 4.98 Å². The average Bonchev–Trinajstić information content (AvgIpc) is 2.29. The Kier molecular flexibility index (Phi) is 4.18. The molecule has 18 heavy (non-hydrogen) atoms. The fourth-order valence-electron chi connectivity index (χ4n) is 1.30. The van der Waals surface area contributed by atoms with Crippen LogP contribution in [0.15, 0.2) is 6.20 Å². The Morgan fingerprint density at radius 3 is 2.67 bits per heavy atom. The number of alkyl halides is 2. The first kappa shape index (κ1) is 13.9. The highest BCUT2D eigenvalue weighted by atomic mass is 19.3. The van der Waals surface area contributed by atoms with Gasteiger partial charge in [0.2, 0.25) is 5.82 Å². The van der Waals surface area contributed by atoms with Crippen molar-refractivity contribution in [3.05, 3.63) is 33.4 Å². The molecule has 0 N–H and O–H groups in total. The summed E-state index contributed by atoms with van der Waals surface area (Å²) in [6.45, 7) is 0. The van der Waals surface area contributed by atoms with Crippen molar-refractivity contribution in [1.29, 1.82) is 0 Å². The molecule has 0 bridgehead atoms. The summed E-state index contributed by atoms with van der Waals surface area (Å²) in [6, 6.07) is 0. The van der Waals surface area contributed by atoms with Crippen LogP contribution in [0, 0.1) is 15.9 Å². The summed E-state index contributed by atoms with van der Waals surface area (Å²) < 4.78 is 42.8. The number of nitro groups is 1. The van der Waals surface area contributed by atoms with Crippen molar-refractivity contribution < 1.29 is 27.6 Å².